The number of rotatable bonds is 3. The van der Waals surface area contributed by atoms with E-state index >= 15 is 0 Å². The summed E-state index contributed by atoms with van der Waals surface area (Å²) in [6.07, 6.45) is 5.08. The largest absolute Gasteiger partial charge is 0.497 e. The molecule has 0 saturated carbocycles. The van der Waals surface area contributed by atoms with E-state index in [4.69, 9.17) is 10.5 Å². The van der Waals surface area contributed by atoms with Crippen molar-refractivity contribution in [2.24, 2.45) is 5.73 Å². The molecule has 3 rings (SSSR count). The average molecular weight is 273 g/mol. The van der Waals surface area contributed by atoms with Gasteiger partial charge in [-0.1, -0.05) is 12.1 Å². The maximum absolute atomic E-state index is 6.41. The zero-order valence-electron chi connectivity index (χ0n) is 11.2. The number of thiophene rings is 1. The Morgan fingerprint density at radius 2 is 2.05 bits per heavy atom. The molecule has 0 amide bonds. The molecule has 1 aromatic heterocycles. The second-order valence-electron chi connectivity index (χ2n) is 5.06. The Hall–Kier alpha value is -1.32. The summed E-state index contributed by atoms with van der Waals surface area (Å²) in [6.45, 7) is 0. The van der Waals surface area contributed by atoms with Crippen LogP contribution in [-0.2, 0) is 12.8 Å². The van der Waals surface area contributed by atoms with Crippen LogP contribution in [-0.4, -0.2) is 7.11 Å². The number of fused-ring (bicyclic) bond motifs is 1. The van der Waals surface area contributed by atoms with Gasteiger partial charge in [0.1, 0.15) is 5.75 Å². The molecular weight excluding hydrogens is 254 g/mol. The minimum atomic E-state index is -0.0364. The number of ether oxygens (including phenoxy) is 1. The third-order valence-electron chi connectivity index (χ3n) is 3.78. The molecule has 2 aromatic rings. The molecule has 0 fully saturated rings. The average Bonchev–Trinajstić information content (AvgIpc) is 2.90. The second kappa shape index (κ2) is 5.35. The van der Waals surface area contributed by atoms with Crippen molar-refractivity contribution < 1.29 is 4.74 Å². The highest BCUT2D eigenvalue weighted by atomic mass is 32.1. The highest BCUT2D eigenvalue weighted by Crippen LogP contribution is 2.34. The molecule has 1 aliphatic carbocycles. The van der Waals surface area contributed by atoms with E-state index in [9.17, 15) is 0 Å². The quantitative estimate of drug-likeness (QED) is 0.925. The molecule has 0 bridgehead atoms. The molecule has 0 saturated heterocycles. The third-order valence-corrected chi connectivity index (χ3v) is 5.10. The third kappa shape index (κ3) is 2.53. The van der Waals surface area contributed by atoms with Gasteiger partial charge in [-0.25, -0.2) is 0 Å². The van der Waals surface area contributed by atoms with Gasteiger partial charge in [-0.3, -0.25) is 0 Å². The Morgan fingerprint density at radius 3 is 2.84 bits per heavy atom. The molecule has 1 heterocycles. The molecule has 0 aliphatic heterocycles. The first kappa shape index (κ1) is 12.7. The van der Waals surface area contributed by atoms with E-state index in [-0.39, 0.29) is 6.04 Å². The molecular formula is C16H19NOS. The number of hydrogen-bond donors (Lipinski definition) is 1. The van der Waals surface area contributed by atoms with E-state index in [0.29, 0.717) is 0 Å². The lowest BCUT2D eigenvalue weighted by molar-refractivity contribution is 0.414. The van der Waals surface area contributed by atoms with Crippen LogP contribution < -0.4 is 10.5 Å². The number of methoxy groups -OCH3 is 1. The van der Waals surface area contributed by atoms with Gasteiger partial charge < -0.3 is 10.5 Å². The predicted molar refractivity (Wildman–Crippen MR) is 80.0 cm³/mol. The molecule has 0 spiro atoms. The number of aryl methyl sites for hydroxylation is 2. The number of benzene rings is 1. The predicted octanol–water partition coefficient (Wildman–Crippen LogP) is 3.68. The van der Waals surface area contributed by atoms with Gasteiger partial charge in [0.15, 0.2) is 0 Å². The van der Waals surface area contributed by atoms with Gasteiger partial charge >= 0.3 is 0 Å². The summed E-state index contributed by atoms with van der Waals surface area (Å²) in [5, 5.41) is 0. The van der Waals surface area contributed by atoms with Crippen molar-refractivity contribution in [3.05, 3.63) is 51.2 Å². The SMILES string of the molecule is COc1cccc(C(N)c2cc3c(s2)CCCC3)c1. The minimum Gasteiger partial charge on any atom is -0.497 e. The summed E-state index contributed by atoms with van der Waals surface area (Å²) in [6, 6.07) is 10.3. The topological polar surface area (TPSA) is 35.2 Å². The van der Waals surface area contributed by atoms with Gasteiger partial charge in [0.25, 0.3) is 0 Å². The molecule has 0 radical (unpaired) electrons. The lowest BCUT2D eigenvalue weighted by atomic mass is 9.98. The van der Waals surface area contributed by atoms with Crippen molar-refractivity contribution in [2.75, 3.05) is 7.11 Å². The van der Waals surface area contributed by atoms with Gasteiger partial charge in [0, 0.05) is 9.75 Å². The first-order chi connectivity index (χ1) is 9.28. The molecule has 1 atom stereocenters. The Morgan fingerprint density at radius 1 is 1.21 bits per heavy atom. The van der Waals surface area contributed by atoms with Crippen LogP contribution >= 0.6 is 11.3 Å². The van der Waals surface area contributed by atoms with Crippen molar-refractivity contribution in [3.8, 4) is 5.75 Å². The molecule has 1 aliphatic rings. The van der Waals surface area contributed by atoms with Crippen LogP contribution in [0.15, 0.2) is 30.3 Å². The highest BCUT2D eigenvalue weighted by molar-refractivity contribution is 7.12. The molecule has 19 heavy (non-hydrogen) atoms. The maximum Gasteiger partial charge on any atom is 0.119 e. The van der Waals surface area contributed by atoms with E-state index in [1.54, 1.807) is 12.0 Å². The Labute approximate surface area is 118 Å². The van der Waals surface area contributed by atoms with E-state index in [2.05, 4.69) is 12.1 Å². The van der Waals surface area contributed by atoms with Crippen LogP contribution in [0.3, 0.4) is 0 Å². The normalized spacial score (nSPS) is 15.9. The van der Waals surface area contributed by atoms with Crippen LogP contribution in [0.1, 0.15) is 39.8 Å². The maximum atomic E-state index is 6.41. The van der Waals surface area contributed by atoms with Crippen molar-refractivity contribution in [3.63, 3.8) is 0 Å². The van der Waals surface area contributed by atoms with Gasteiger partial charge in [-0.2, -0.15) is 0 Å². The lowest BCUT2D eigenvalue weighted by Crippen LogP contribution is -2.10. The van der Waals surface area contributed by atoms with E-state index in [0.717, 1.165) is 11.3 Å². The van der Waals surface area contributed by atoms with Crippen molar-refractivity contribution >= 4 is 11.3 Å². The molecule has 1 aromatic carbocycles. The number of nitrogens with two attached hydrogens (primary N) is 1. The standard InChI is InChI=1S/C16H19NOS/c1-18-13-7-4-6-12(9-13)16(17)15-10-11-5-2-3-8-14(11)19-15/h4,6-7,9-10,16H,2-3,5,8,17H2,1H3. The van der Waals surface area contributed by atoms with Crippen molar-refractivity contribution in [1.82, 2.24) is 0 Å². The summed E-state index contributed by atoms with van der Waals surface area (Å²) in [7, 11) is 1.69. The Bertz CT molecular complexity index is 552. The van der Waals surface area contributed by atoms with Crippen molar-refractivity contribution in [1.29, 1.82) is 0 Å². The monoisotopic (exact) mass is 273 g/mol. The van der Waals surface area contributed by atoms with Crippen LogP contribution in [0, 0.1) is 0 Å². The molecule has 2 N–H and O–H groups in total. The fraction of sp³-hybridized carbons (Fsp3) is 0.375. The van der Waals surface area contributed by atoms with Crippen LogP contribution in [0.4, 0.5) is 0 Å². The highest BCUT2D eigenvalue weighted by Gasteiger charge is 2.18. The summed E-state index contributed by atoms with van der Waals surface area (Å²) in [5.41, 5.74) is 9.05. The molecule has 3 heteroatoms. The fourth-order valence-electron chi connectivity index (χ4n) is 2.67. The van der Waals surface area contributed by atoms with Crippen LogP contribution in [0.5, 0.6) is 5.75 Å². The first-order valence-electron chi connectivity index (χ1n) is 6.79. The van der Waals surface area contributed by atoms with Gasteiger partial charge in [-0.05, 0) is 55.0 Å². The first-order valence-corrected chi connectivity index (χ1v) is 7.60. The zero-order chi connectivity index (χ0) is 13.2. The van der Waals surface area contributed by atoms with Crippen LogP contribution in [0.2, 0.25) is 0 Å². The number of hydrogen-bond acceptors (Lipinski definition) is 3. The summed E-state index contributed by atoms with van der Waals surface area (Å²) in [5.74, 6) is 0.870. The molecule has 2 nitrogen and oxygen atoms in total. The van der Waals surface area contributed by atoms with E-state index < -0.39 is 0 Å². The summed E-state index contributed by atoms with van der Waals surface area (Å²) >= 11 is 1.89. The van der Waals surface area contributed by atoms with E-state index in [1.165, 1.54) is 36.1 Å². The summed E-state index contributed by atoms with van der Waals surface area (Å²) < 4.78 is 5.27. The van der Waals surface area contributed by atoms with Gasteiger partial charge in [0.2, 0.25) is 0 Å². The zero-order valence-corrected chi connectivity index (χ0v) is 12.0. The molecule has 100 valence electrons. The van der Waals surface area contributed by atoms with Crippen LogP contribution in [0.25, 0.3) is 0 Å². The Kier molecular flexibility index (Phi) is 3.58. The van der Waals surface area contributed by atoms with Gasteiger partial charge in [-0.15, -0.1) is 11.3 Å². The lowest BCUT2D eigenvalue weighted by Gasteiger charge is -2.11. The summed E-state index contributed by atoms with van der Waals surface area (Å²) in [4.78, 5) is 2.82. The van der Waals surface area contributed by atoms with E-state index in [1.807, 2.05) is 29.5 Å². The van der Waals surface area contributed by atoms with Crippen molar-refractivity contribution in [2.45, 2.75) is 31.7 Å². The second-order valence-corrected chi connectivity index (χ2v) is 6.23. The Balaban J connectivity index is 1.90. The minimum absolute atomic E-state index is 0.0364. The van der Waals surface area contributed by atoms with Gasteiger partial charge in [0.05, 0.1) is 13.2 Å². The molecule has 1 unspecified atom stereocenters. The fourth-order valence-corrected chi connectivity index (χ4v) is 3.95. The smallest absolute Gasteiger partial charge is 0.119 e.